The Balaban J connectivity index is 1.41. The minimum absolute atomic E-state index is 0.0441. The monoisotopic (exact) mass is 365 g/mol. The molecule has 0 spiro atoms. The standard InChI is InChI=1S/C22H24FN3O/c23-22(20-9-3-4-12-24-20)14-17-10-11-18(15-22)26(17)21(27)25-13-5-7-16-6-1-2-8-19(16)25/h1-4,6,8-9,12,17-18H,5,7,10-11,13-15H2. The number of anilines is 1. The number of pyridine rings is 1. The lowest BCUT2D eigenvalue weighted by Gasteiger charge is -2.44. The van der Waals surface area contributed by atoms with Crippen molar-refractivity contribution in [1.82, 2.24) is 9.88 Å². The van der Waals surface area contributed by atoms with Crippen molar-refractivity contribution in [1.29, 1.82) is 0 Å². The average Bonchev–Trinajstić information content (AvgIpc) is 2.99. The molecule has 3 aliphatic heterocycles. The maximum Gasteiger partial charge on any atom is 0.324 e. The summed E-state index contributed by atoms with van der Waals surface area (Å²) in [6.07, 6.45) is 6.10. The van der Waals surface area contributed by atoms with Crippen LogP contribution in [-0.2, 0) is 12.1 Å². The van der Waals surface area contributed by atoms with Crippen molar-refractivity contribution in [2.75, 3.05) is 11.4 Å². The van der Waals surface area contributed by atoms with Crippen LogP contribution in [0.2, 0.25) is 0 Å². The largest absolute Gasteiger partial charge is 0.324 e. The first-order valence-corrected chi connectivity index (χ1v) is 9.94. The van der Waals surface area contributed by atoms with E-state index in [9.17, 15) is 4.79 Å². The van der Waals surface area contributed by atoms with Gasteiger partial charge in [-0.15, -0.1) is 0 Å². The Morgan fingerprint density at radius 3 is 2.56 bits per heavy atom. The van der Waals surface area contributed by atoms with Gasteiger partial charge in [0.05, 0.1) is 5.69 Å². The molecular formula is C22H24FN3O. The highest BCUT2D eigenvalue weighted by Crippen LogP contribution is 2.48. The number of halogens is 1. The molecule has 0 radical (unpaired) electrons. The predicted molar refractivity (Wildman–Crippen MR) is 102 cm³/mol. The summed E-state index contributed by atoms with van der Waals surface area (Å²) >= 11 is 0. The Labute approximate surface area is 159 Å². The molecule has 5 heteroatoms. The van der Waals surface area contributed by atoms with Crippen LogP contribution in [0.3, 0.4) is 0 Å². The summed E-state index contributed by atoms with van der Waals surface area (Å²) in [5.74, 6) is 0. The second-order valence-electron chi connectivity index (χ2n) is 8.05. The van der Waals surface area contributed by atoms with Gasteiger partial charge >= 0.3 is 6.03 Å². The van der Waals surface area contributed by atoms with E-state index in [1.54, 1.807) is 12.3 Å². The number of aryl methyl sites for hydroxylation is 1. The van der Waals surface area contributed by atoms with Gasteiger partial charge in [0.25, 0.3) is 0 Å². The Kier molecular flexibility index (Phi) is 3.92. The van der Waals surface area contributed by atoms with Crippen LogP contribution in [0.5, 0.6) is 0 Å². The van der Waals surface area contributed by atoms with Gasteiger partial charge in [0.15, 0.2) is 5.67 Å². The highest BCUT2D eigenvalue weighted by atomic mass is 19.1. The molecule has 2 atom stereocenters. The smallest absolute Gasteiger partial charge is 0.318 e. The number of alkyl halides is 1. The zero-order chi connectivity index (χ0) is 18.4. The van der Waals surface area contributed by atoms with Crippen molar-refractivity contribution in [2.45, 2.75) is 56.3 Å². The number of para-hydroxylation sites is 1. The molecule has 27 heavy (non-hydrogen) atoms. The minimum atomic E-state index is -1.43. The fourth-order valence-corrected chi connectivity index (χ4v) is 5.21. The highest BCUT2D eigenvalue weighted by molar-refractivity contribution is 5.94. The van der Waals surface area contributed by atoms with Crippen molar-refractivity contribution in [3.8, 4) is 0 Å². The zero-order valence-electron chi connectivity index (χ0n) is 15.4. The maximum absolute atomic E-state index is 15.7. The van der Waals surface area contributed by atoms with Gasteiger partial charge in [-0.3, -0.25) is 9.88 Å². The summed E-state index contributed by atoms with van der Waals surface area (Å²) in [6, 6.07) is 13.6. The van der Waals surface area contributed by atoms with E-state index >= 15 is 4.39 Å². The number of urea groups is 1. The molecule has 1 aromatic carbocycles. The molecule has 0 N–H and O–H groups in total. The molecule has 0 saturated carbocycles. The van der Waals surface area contributed by atoms with E-state index in [0.717, 1.165) is 37.9 Å². The number of aromatic nitrogens is 1. The summed E-state index contributed by atoms with van der Waals surface area (Å²) in [5, 5.41) is 0. The Morgan fingerprint density at radius 2 is 1.81 bits per heavy atom. The lowest BCUT2D eigenvalue weighted by atomic mass is 9.85. The van der Waals surface area contributed by atoms with Crippen molar-refractivity contribution in [2.24, 2.45) is 0 Å². The van der Waals surface area contributed by atoms with E-state index in [-0.39, 0.29) is 18.1 Å². The number of carbonyl (C=O) groups is 1. The lowest BCUT2D eigenvalue weighted by molar-refractivity contribution is 0.0261. The summed E-state index contributed by atoms with van der Waals surface area (Å²) < 4.78 is 15.7. The molecule has 1 aromatic heterocycles. The summed E-state index contributed by atoms with van der Waals surface area (Å²) in [7, 11) is 0. The third kappa shape index (κ3) is 2.71. The molecule has 5 rings (SSSR count). The Bertz CT molecular complexity index is 842. The van der Waals surface area contributed by atoms with E-state index < -0.39 is 5.67 Å². The maximum atomic E-state index is 15.7. The van der Waals surface area contributed by atoms with Crippen LogP contribution in [0.1, 0.15) is 43.4 Å². The third-order valence-corrected chi connectivity index (χ3v) is 6.42. The van der Waals surface area contributed by atoms with Gasteiger partial charge in [0.2, 0.25) is 0 Å². The molecule has 2 amide bonds. The molecule has 2 bridgehead atoms. The second kappa shape index (κ2) is 6.32. The van der Waals surface area contributed by atoms with Gasteiger partial charge in [-0.2, -0.15) is 0 Å². The van der Waals surface area contributed by atoms with Crippen LogP contribution in [0.25, 0.3) is 0 Å². The lowest BCUT2D eigenvalue weighted by Crippen LogP contribution is -2.55. The fourth-order valence-electron chi connectivity index (χ4n) is 5.21. The number of hydrogen-bond acceptors (Lipinski definition) is 2. The van der Waals surface area contributed by atoms with E-state index in [4.69, 9.17) is 0 Å². The fraction of sp³-hybridized carbons (Fsp3) is 0.455. The van der Waals surface area contributed by atoms with Crippen LogP contribution in [-0.4, -0.2) is 34.5 Å². The Hall–Kier alpha value is -2.43. The van der Waals surface area contributed by atoms with Gasteiger partial charge in [-0.25, -0.2) is 9.18 Å². The number of amides is 2. The SMILES string of the molecule is O=C(N1CCCc2ccccc21)N1C2CCC1CC(F)(c1ccccn1)C2. The molecule has 2 saturated heterocycles. The minimum Gasteiger partial charge on any atom is -0.318 e. The molecule has 4 nitrogen and oxygen atoms in total. The molecule has 4 heterocycles. The molecule has 2 unspecified atom stereocenters. The van der Waals surface area contributed by atoms with E-state index in [2.05, 4.69) is 11.1 Å². The van der Waals surface area contributed by atoms with Crippen LogP contribution in [0.15, 0.2) is 48.7 Å². The number of hydrogen-bond donors (Lipinski definition) is 0. The quantitative estimate of drug-likeness (QED) is 0.749. The van der Waals surface area contributed by atoms with E-state index in [1.165, 1.54) is 5.56 Å². The third-order valence-electron chi connectivity index (χ3n) is 6.42. The number of benzene rings is 1. The second-order valence-corrected chi connectivity index (χ2v) is 8.05. The van der Waals surface area contributed by atoms with Crippen molar-refractivity contribution < 1.29 is 9.18 Å². The average molecular weight is 365 g/mol. The molecule has 3 aliphatic rings. The number of fused-ring (bicyclic) bond motifs is 3. The van der Waals surface area contributed by atoms with Gasteiger partial charge in [-0.05, 0) is 49.4 Å². The summed E-state index contributed by atoms with van der Waals surface area (Å²) in [6.45, 7) is 0.743. The van der Waals surface area contributed by atoms with Gasteiger partial charge in [0, 0.05) is 43.4 Å². The van der Waals surface area contributed by atoms with Gasteiger partial charge < -0.3 is 4.90 Å². The van der Waals surface area contributed by atoms with Crippen LogP contribution in [0.4, 0.5) is 14.9 Å². The van der Waals surface area contributed by atoms with E-state index in [0.29, 0.717) is 18.5 Å². The molecule has 0 aliphatic carbocycles. The first-order valence-electron chi connectivity index (χ1n) is 9.94. The van der Waals surface area contributed by atoms with Crippen LogP contribution < -0.4 is 4.90 Å². The van der Waals surface area contributed by atoms with Crippen molar-refractivity contribution in [3.05, 3.63) is 59.9 Å². The summed E-state index contributed by atoms with van der Waals surface area (Å²) in [4.78, 5) is 21.6. The van der Waals surface area contributed by atoms with Gasteiger partial charge in [-0.1, -0.05) is 24.3 Å². The van der Waals surface area contributed by atoms with Crippen LogP contribution >= 0.6 is 0 Å². The van der Waals surface area contributed by atoms with Crippen LogP contribution in [0, 0.1) is 0 Å². The normalized spacial score (nSPS) is 29.5. The van der Waals surface area contributed by atoms with Crippen molar-refractivity contribution in [3.63, 3.8) is 0 Å². The Morgan fingerprint density at radius 1 is 1.07 bits per heavy atom. The number of piperidine rings is 1. The number of nitrogens with zero attached hydrogens (tertiary/aromatic N) is 3. The first-order chi connectivity index (χ1) is 13.2. The molecular weight excluding hydrogens is 341 g/mol. The molecule has 2 fully saturated rings. The van der Waals surface area contributed by atoms with Crippen molar-refractivity contribution >= 4 is 11.7 Å². The molecule has 140 valence electrons. The summed E-state index contributed by atoms with van der Waals surface area (Å²) in [5.41, 5.74) is 1.34. The zero-order valence-corrected chi connectivity index (χ0v) is 15.4. The first kappa shape index (κ1) is 16.7. The highest BCUT2D eigenvalue weighted by Gasteiger charge is 2.52. The number of rotatable bonds is 1. The predicted octanol–water partition coefficient (Wildman–Crippen LogP) is 4.45. The van der Waals surface area contributed by atoms with Gasteiger partial charge in [0.1, 0.15) is 0 Å². The molecule has 2 aromatic rings. The van der Waals surface area contributed by atoms with E-state index in [1.807, 2.05) is 40.1 Å². The topological polar surface area (TPSA) is 36.4 Å². The number of carbonyl (C=O) groups excluding carboxylic acids is 1.